The van der Waals surface area contributed by atoms with Crippen LogP contribution in [0.25, 0.3) is 0 Å². The van der Waals surface area contributed by atoms with E-state index < -0.39 is 11.9 Å². The number of Topliss-reactive ketones (excluding diaryl/α,β-unsaturated/α-hetero) is 1. The predicted octanol–water partition coefficient (Wildman–Crippen LogP) is 2.91. The highest BCUT2D eigenvalue weighted by atomic mass is 16.5. The first-order chi connectivity index (χ1) is 10.1. The van der Waals surface area contributed by atoms with Crippen LogP contribution in [0.1, 0.15) is 67.2 Å². The number of carboxylic acid groups (broad SMARTS) is 2. The monoisotopic (exact) mass is 322 g/mol. The minimum Gasteiger partial charge on any atom is -0.473 e. The largest absolute Gasteiger partial charge is 0.473 e. The maximum absolute atomic E-state index is 9.82. The summed E-state index contributed by atoms with van der Waals surface area (Å²) < 4.78 is 4.40. The molecule has 0 fully saturated rings. The molecule has 0 rings (SSSR count). The molecule has 22 heavy (non-hydrogen) atoms. The summed E-state index contributed by atoms with van der Waals surface area (Å²) >= 11 is 0. The van der Waals surface area contributed by atoms with Crippen molar-refractivity contribution in [1.82, 2.24) is 0 Å². The van der Waals surface area contributed by atoms with Gasteiger partial charge in [0, 0.05) is 6.92 Å². The highest BCUT2D eigenvalue weighted by Gasteiger charge is 2.04. The van der Waals surface area contributed by atoms with Gasteiger partial charge in [-0.2, -0.15) is 0 Å². The average Bonchev–Trinajstić information content (AvgIpc) is 2.36. The molecule has 0 aromatic heterocycles. The van der Waals surface area contributed by atoms with Crippen LogP contribution in [0.15, 0.2) is 0 Å². The Morgan fingerprint density at radius 3 is 1.09 bits per heavy atom. The number of esters is 1. The van der Waals surface area contributed by atoms with Gasteiger partial charge in [0.15, 0.2) is 0 Å². The van der Waals surface area contributed by atoms with Gasteiger partial charge in [-0.1, -0.05) is 39.5 Å². The molecule has 0 unspecified atom stereocenters. The van der Waals surface area contributed by atoms with Gasteiger partial charge in [0.25, 0.3) is 0 Å². The third kappa shape index (κ3) is 80.8. The number of rotatable bonds is 4. The summed E-state index contributed by atoms with van der Waals surface area (Å²) in [6.07, 6.45) is 5.54. The van der Waals surface area contributed by atoms with E-state index in [0.717, 1.165) is 0 Å². The maximum atomic E-state index is 9.82. The van der Waals surface area contributed by atoms with Gasteiger partial charge in [-0.25, -0.2) is 9.59 Å². The summed E-state index contributed by atoms with van der Waals surface area (Å²) in [6, 6.07) is 0. The summed E-state index contributed by atoms with van der Waals surface area (Å²) in [5.74, 6) is -3.69. The molecule has 0 radical (unpaired) electrons. The Hall–Kier alpha value is -1.92. The lowest BCUT2D eigenvalue weighted by molar-refractivity contribution is -0.159. The van der Waals surface area contributed by atoms with Crippen molar-refractivity contribution in [3.63, 3.8) is 0 Å². The number of aliphatic carboxylic acids is 2. The lowest BCUT2D eigenvalue weighted by atomic mass is 10.2. The summed E-state index contributed by atoms with van der Waals surface area (Å²) in [6.45, 7) is 11.2. The number of carbonyl (C=O) groups excluding carboxylic acids is 2. The fourth-order valence-electron chi connectivity index (χ4n) is 0.703. The summed E-state index contributed by atoms with van der Waals surface area (Å²) in [5, 5.41) is 14.8. The quantitative estimate of drug-likeness (QED) is 0.464. The second kappa shape index (κ2) is 24.1. The summed E-state index contributed by atoms with van der Waals surface area (Å²) in [5.41, 5.74) is 0. The van der Waals surface area contributed by atoms with Crippen molar-refractivity contribution < 1.29 is 34.1 Å². The zero-order valence-corrected chi connectivity index (χ0v) is 14.5. The van der Waals surface area contributed by atoms with Crippen molar-refractivity contribution in [2.45, 2.75) is 67.2 Å². The van der Waals surface area contributed by atoms with Crippen molar-refractivity contribution >= 4 is 23.7 Å². The molecule has 0 spiro atoms. The maximum Gasteiger partial charge on any atom is 0.414 e. The minimum atomic E-state index is -1.82. The highest BCUT2D eigenvalue weighted by molar-refractivity contribution is 6.27. The lowest BCUT2D eigenvalue weighted by Gasteiger charge is -1.89. The van der Waals surface area contributed by atoms with E-state index in [4.69, 9.17) is 19.8 Å². The van der Waals surface area contributed by atoms with Gasteiger partial charge < -0.3 is 19.7 Å². The smallest absolute Gasteiger partial charge is 0.414 e. The molecule has 7 heteroatoms. The first-order valence-corrected chi connectivity index (χ1v) is 7.13. The van der Waals surface area contributed by atoms with E-state index in [1.807, 2.05) is 0 Å². The predicted molar refractivity (Wildman–Crippen MR) is 83.7 cm³/mol. The normalized spacial score (nSPS) is 7.73. The molecule has 0 saturated carbocycles. The van der Waals surface area contributed by atoms with Crippen LogP contribution in [0.4, 0.5) is 0 Å². The van der Waals surface area contributed by atoms with Crippen molar-refractivity contribution in [1.29, 1.82) is 0 Å². The molecule has 0 heterocycles. The molecule has 132 valence electrons. The number of ketones is 1. The van der Waals surface area contributed by atoms with E-state index in [-0.39, 0.29) is 11.8 Å². The number of unbranched alkanes of at least 4 members (excludes halogenated alkanes) is 3. The van der Waals surface area contributed by atoms with Crippen LogP contribution in [0.5, 0.6) is 0 Å². The van der Waals surface area contributed by atoms with Crippen LogP contribution in [0.3, 0.4) is 0 Å². The lowest BCUT2D eigenvalue weighted by Crippen LogP contribution is -2.09. The van der Waals surface area contributed by atoms with Gasteiger partial charge in [-0.15, -0.1) is 0 Å². The van der Waals surface area contributed by atoms with Gasteiger partial charge in [-0.05, 0) is 20.8 Å². The van der Waals surface area contributed by atoms with Gasteiger partial charge in [0.2, 0.25) is 0 Å². The number of hydrogen-bond donors (Lipinski definition) is 2. The summed E-state index contributed by atoms with van der Waals surface area (Å²) in [7, 11) is 0. The van der Waals surface area contributed by atoms with Crippen LogP contribution in [0.2, 0.25) is 0 Å². The Morgan fingerprint density at radius 2 is 1.05 bits per heavy atom. The van der Waals surface area contributed by atoms with E-state index >= 15 is 0 Å². The second-order valence-electron chi connectivity index (χ2n) is 4.15. The molecule has 2 N–H and O–H groups in total. The van der Waals surface area contributed by atoms with Crippen molar-refractivity contribution in [3.8, 4) is 0 Å². The fourth-order valence-corrected chi connectivity index (χ4v) is 0.703. The van der Waals surface area contributed by atoms with E-state index in [1.165, 1.54) is 46.5 Å². The highest BCUT2D eigenvalue weighted by Crippen LogP contribution is 1.95. The molecular weight excluding hydrogens is 292 g/mol. The Labute approximate surface area is 132 Å². The third-order valence-electron chi connectivity index (χ3n) is 1.49. The van der Waals surface area contributed by atoms with Crippen LogP contribution in [-0.4, -0.2) is 40.5 Å². The Morgan fingerprint density at radius 1 is 0.773 bits per heavy atom. The molecule has 0 aromatic carbocycles. The molecule has 0 aliphatic heterocycles. The van der Waals surface area contributed by atoms with Crippen LogP contribution in [-0.2, 0) is 23.9 Å². The molecule has 0 aliphatic carbocycles. The molecule has 0 bridgehead atoms. The zero-order valence-electron chi connectivity index (χ0n) is 14.5. The van der Waals surface area contributed by atoms with E-state index in [9.17, 15) is 9.59 Å². The van der Waals surface area contributed by atoms with Crippen molar-refractivity contribution in [2.24, 2.45) is 0 Å². The van der Waals surface area contributed by atoms with Crippen LogP contribution >= 0.6 is 0 Å². The Balaban J connectivity index is -0.0000000994. The fraction of sp³-hybridized carbons (Fsp3) is 0.733. The third-order valence-corrected chi connectivity index (χ3v) is 1.49. The van der Waals surface area contributed by atoms with Gasteiger partial charge in [0.1, 0.15) is 5.78 Å². The molecule has 0 amide bonds. The van der Waals surface area contributed by atoms with E-state index in [2.05, 4.69) is 18.6 Å². The number of carbonyl (C=O) groups is 4. The van der Waals surface area contributed by atoms with Crippen molar-refractivity contribution in [2.75, 3.05) is 6.61 Å². The van der Waals surface area contributed by atoms with Gasteiger partial charge in [-0.3, -0.25) is 4.79 Å². The number of hydrogen-bond acceptors (Lipinski definition) is 5. The van der Waals surface area contributed by atoms with E-state index in [0.29, 0.717) is 6.61 Å². The molecule has 0 saturated heterocycles. The molecule has 0 aromatic rings. The first kappa shape index (κ1) is 28.3. The molecule has 0 atom stereocenters. The topological polar surface area (TPSA) is 118 Å². The van der Waals surface area contributed by atoms with Crippen LogP contribution < -0.4 is 0 Å². The summed E-state index contributed by atoms with van der Waals surface area (Å²) in [4.78, 5) is 37.5. The first-order valence-electron chi connectivity index (χ1n) is 7.13. The van der Waals surface area contributed by atoms with Gasteiger partial charge >= 0.3 is 17.9 Å². The molecule has 0 aliphatic rings. The Kier molecular flexibility index (Phi) is 31.0. The molecule has 7 nitrogen and oxygen atoms in total. The SMILES string of the molecule is CC(C)=O.CCCCCC.CCOC(C)=O.O=C(O)C(=O)O. The standard InChI is InChI=1S/C6H14.C4H8O2.C3H6O.C2H2O4/c1-3-5-6-4-2;1-3-6-4(2)5;1-3(2)4;3-1(4)2(5)6/h3-6H2,1-2H3;3H2,1-2H3;1-2H3;(H,3,4)(H,5,6). The minimum absolute atomic E-state index is 0.167. The molecular formula is C15H30O7. The van der Waals surface area contributed by atoms with E-state index in [1.54, 1.807) is 6.92 Å². The average molecular weight is 322 g/mol. The van der Waals surface area contributed by atoms with Crippen molar-refractivity contribution in [3.05, 3.63) is 0 Å². The number of ether oxygens (including phenoxy) is 1. The number of carboxylic acids is 2. The van der Waals surface area contributed by atoms with Crippen LogP contribution in [0, 0.1) is 0 Å². The zero-order chi connectivity index (χ0) is 18.6. The second-order valence-corrected chi connectivity index (χ2v) is 4.15. The Bertz CT molecular complexity index is 278. The van der Waals surface area contributed by atoms with Gasteiger partial charge in [0.05, 0.1) is 6.61 Å².